The molecule has 0 aromatic rings. The number of Topliss-reactive ketones (excluding diaryl/α,β-unsaturated/α-hetero) is 1. The average molecular weight is 188 g/mol. The molecule has 1 atom stereocenters. The Labute approximate surface area is 80.1 Å². The van der Waals surface area contributed by atoms with Crippen molar-refractivity contribution in [2.75, 3.05) is 0 Å². The largest absolute Gasteiger partial charge is 0.481 e. The molecule has 0 saturated heterocycles. The van der Waals surface area contributed by atoms with E-state index in [-0.39, 0.29) is 19.6 Å². The second-order valence-electron chi connectivity index (χ2n) is 4.12. The summed E-state index contributed by atoms with van der Waals surface area (Å²) in [5, 5.41) is 8.54. The molecule has 3 nitrogen and oxygen atoms in total. The topological polar surface area (TPSA) is 54.4 Å². The first-order valence-corrected chi connectivity index (χ1v) is 4.01. The molecule has 0 heterocycles. The molecule has 0 aromatic carbocycles. The Morgan fingerprint density at radius 3 is 1.92 bits per heavy atom. The van der Waals surface area contributed by atoms with Crippen LogP contribution in [0.15, 0.2) is 0 Å². The lowest BCUT2D eigenvalue weighted by Crippen LogP contribution is -2.24. The Balaban J connectivity index is 0. The molecule has 0 bridgehead atoms. The summed E-state index contributed by atoms with van der Waals surface area (Å²) < 4.78 is 0. The Hall–Kier alpha value is -0.860. The van der Waals surface area contributed by atoms with Crippen molar-refractivity contribution in [3.8, 4) is 0 Å². The second-order valence-corrected chi connectivity index (χ2v) is 4.12. The summed E-state index contributed by atoms with van der Waals surface area (Å²) in [7, 11) is 0. The van der Waals surface area contributed by atoms with E-state index in [0.717, 1.165) is 0 Å². The van der Waals surface area contributed by atoms with Crippen molar-refractivity contribution in [2.45, 2.75) is 41.5 Å². The molecule has 78 valence electrons. The molecule has 1 N–H and O–H groups in total. The first-order valence-electron chi connectivity index (χ1n) is 4.01. The maximum Gasteiger partial charge on any atom is 0.306 e. The van der Waals surface area contributed by atoms with Crippen molar-refractivity contribution >= 4 is 11.8 Å². The number of hydrogen-bond acceptors (Lipinski definition) is 2. The Morgan fingerprint density at radius 2 is 1.69 bits per heavy atom. The van der Waals surface area contributed by atoms with Gasteiger partial charge in [0.15, 0.2) is 0 Å². The standard InChI is InChI=1S/C9H16O3.CH4/c1-6(8(11)12)5-7(10)9(2,3)4;/h6H,5H2,1-4H3,(H,11,12);1H4/t6-;/m1./s1. The number of aliphatic carboxylic acids is 1. The summed E-state index contributed by atoms with van der Waals surface area (Å²) in [5.74, 6) is -1.48. The van der Waals surface area contributed by atoms with Crippen LogP contribution < -0.4 is 0 Å². The van der Waals surface area contributed by atoms with E-state index in [9.17, 15) is 9.59 Å². The van der Waals surface area contributed by atoms with Gasteiger partial charge in [0.25, 0.3) is 0 Å². The minimum Gasteiger partial charge on any atom is -0.481 e. The highest BCUT2D eigenvalue weighted by atomic mass is 16.4. The van der Waals surface area contributed by atoms with Gasteiger partial charge in [-0.1, -0.05) is 35.1 Å². The summed E-state index contributed by atoms with van der Waals surface area (Å²) in [4.78, 5) is 21.7. The highest BCUT2D eigenvalue weighted by Gasteiger charge is 2.25. The van der Waals surface area contributed by atoms with Crippen LogP contribution in [-0.2, 0) is 9.59 Å². The van der Waals surface area contributed by atoms with Crippen LogP contribution in [0.3, 0.4) is 0 Å². The first-order chi connectivity index (χ1) is 5.25. The van der Waals surface area contributed by atoms with Gasteiger partial charge >= 0.3 is 5.97 Å². The zero-order chi connectivity index (χ0) is 9.94. The van der Waals surface area contributed by atoms with Crippen molar-refractivity contribution in [3.63, 3.8) is 0 Å². The van der Waals surface area contributed by atoms with Gasteiger partial charge in [-0.25, -0.2) is 0 Å². The summed E-state index contributed by atoms with van der Waals surface area (Å²) in [6, 6.07) is 0. The number of rotatable bonds is 3. The molecule has 0 aliphatic rings. The molecule has 0 aliphatic heterocycles. The van der Waals surface area contributed by atoms with Crippen LogP contribution in [0, 0.1) is 11.3 Å². The van der Waals surface area contributed by atoms with Gasteiger partial charge in [0.2, 0.25) is 0 Å². The van der Waals surface area contributed by atoms with E-state index in [2.05, 4.69) is 0 Å². The zero-order valence-corrected chi connectivity index (χ0v) is 8.05. The first kappa shape index (κ1) is 14.7. The maximum atomic E-state index is 11.3. The quantitative estimate of drug-likeness (QED) is 0.739. The van der Waals surface area contributed by atoms with Gasteiger partial charge in [-0.3, -0.25) is 9.59 Å². The minimum atomic E-state index is -0.910. The summed E-state index contributed by atoms with van der Waals surface area (Å²) in [5.41, 5.74) is -0.427. The van der Waals surface area contributed by atoms with Crippen LogP contribution in [0.5, 0.6) is 0 Å². The van der Waals surface area contributed by atoms with E-state index in [4.69, 9.17) is 5.11 Å². The second kappa shape index (κ2) is 5.00. The van der Waals surface area contributed by atoms with E-state index >= 15 is 0 Å². The van der Waals surface area contributed by atoms with Gasteiger partial charge < -0.3 is 5.11 Å². The highest BCUT2D eigenvalue weighted by molar-refractivity contribution is 5.87. The predicted octanol–water partition coefficient (Wildman–Crippen LogP) is 2.35. The molecule has 0 amide bonds. The zero-order valence-electron chi connectivity index (χ0n) is 8.05. The molecule has 3 heteroatoms. The lowest BCUT2D eigenvalue weighted by atomic mass is 9.86. The summed E-state index contributed by atoms with van der Waals surface area (Å²) in [6.07, 6.45) is 0.124. The lowest BCUT2D eigenvalue weighted by Gasteiger charge is -2.17. The van der Waals surface area contributed by atoms with Crippen LogP contribution >= 0.6 is 0 Å². The molecule has 0 unspecified atom stereocenters. The van der Waals surface area contributed by atoms with Crippen LogP contribution in [0.25, 0.3) is 0 Å². The third-order valence-electron chi connectivity index (χ3n) is 1.75. The van der Waals surface area contributed by atoms with E-state index < -0.39 is 17.3 Å². The Bertz CT molecular complexity index is 189. The van der Waals surface area contributed by atoms with Gasteiger partial charge in [-0.15, -0.1) is 0 Å². The fourth-order valence-electron chi connectivity index (χ4n) is 0.672. The summed E-state index contributed by atoms with van der Waals surface area (Å²) in [6.45, 7) is 6.93. The average Bonchev–Trinajstić information content (AvgIpc) is 1.85. The smallest absolute Gasteiger partial charge is 0.306 e. The van der Waals surface area contributed by atoms with Gasteiger partial charge in [-0.05, 0) is 0 Å². The fraction of sp³-hybridized carbons (Fsp3) is 0.800. The third kappa shape index (κ3) is 5.39. The van der Waals surface area contributed by atoms with Crippen molar-refractivity contribution in [1.29, 1.82) is 0 Å². The Morgan fingerprint density at radius 1 is 1.31 bits per heavy atom. The van der Waals surface area contributed by atoms with E-state index in [1.165, 1.54) is 0 Å². The van der Waals surface area contributed by atoms with Gasteiger partial charge in [-0.2, -0.15) is 0 Å². The molecule has 0 radical (unpaired) electrons. The predicted molar refractivity (Wildman–Crippen MR) is 52.6 cm³/mol. The molecule has 0 spiro atoms. The van der Waals surface area contributed by atoms with Crippen LogP contribution in [-0.4, -0.2) is 16.9 Å². The fourth-order valence-corrected chi connectivity index (χ4v) is 0.672. The van der Waals surface area contributed by atoms with Crippen molar-refractivity contribution in [1.82, 2.24) is 0 Å². The number of carboxylic acids is 1. The summed E-state index contributed by atoms with van der Waals surface area (Å²) >= 11 is 0. The molecule has 0 fully saturated rings. The lowest BCUT2D eigenvalue weighted by molar-refractivity contribution is -0.144. The third-order valence-corrected chi connectivity index (χ3v) is 1.75. The van der Waals surface area contributed by atoms with E-state index in [0.29, 0.717) is 0 Å². The molecule has 0 aliphatic carbocycles. The number of hydrogen-bond donors (Lipinski definition) is 1. The van der Waals surface area contributed by atoms with Crippen molar-refractivity contribution < 1.29 is 14.7 Å². The maximum absolute atomic E-state index is 11.3. The number of carboxylic acid groups (broad SMARTS) is 1. The van der Waals surface area contributed by atoms with Crippen LogP contribution in [0.4, 0.5) is 0 Å². The molecular formula is C10H20O3. The normalized spacial score (nSPS) is 12.9. The highest BCUT2D eigenvalue weighted by Crippen LogP contribution is 2.19. The molecule has 0 rings (SSSR count). The van der Waals surface area contributed by atoms with Crippen LogP contribution in [0.2, 0.25) is 0 Å². The van der Waals surface area contributed by atoms with Crippen LogP contribution in [0.1, 0.15) is 41.5 Å². The van der Waals surface area contributed by atoms with Crippen molar-refractivity contribution in [3.05, 3.63) is 0 Å². The minimum absolute atomic E-state index is 0. The van der Waals surface area contributed by atoms with E-state index in [1.54, 1.807) is 27.7 Å². The van der Waals surface area contributed by atoms with Gasteiger partial charge in [0.1, 0.15) is 5.78 Å². The molecule has 0 saturated carbocycles. The molecule has 13 heavy (non-hydrogen) atoms. The molecular weight excluding hydrogens is 168 g/mol. The SMILES string of the molecule is C.C[C@H](CC(=O)C(C)(C)C)C(=O)O. The van der Waals surface area contributed by atoms with Crippen molar-refractivity contribution in [2.24, 2.45) is 11.3 Å². The number of carbonyl (C=O) groups is 2. The van der Waals surface area contributed by atoms with E-state index in [1.807, 2.05) is 0 Å². The van der Waals surface area contributed by atoms with Gasteiger partial charge in [0.05, 0.1) is 5.92 Å². The number of ketones is 1. The number of carbonyl (C=O) groups excluding carboxylic acids is 1. The monoisotopic (exact) mass is 188 g/mol. The Kier molecular flexibility index (Phi) is 5.63. The van der Waals surface area contributed by atoms with Gasteiger partial charge in [0, 0.05) is 11.8 Å². The molecule has 0 aromatic heterocycles.